The maximum atomic E-state index is 13.8. The van der Waals surface area contributed by atoms with Crippen molar-refractivity contribution in [2.45, 2.75) is 6.10 Å². The van der Waals surface area contributed by atoms with Gasteiger partial charge in [-0.1, -0.05) is 66.7 Å². The highest BCUT2D eigenvalue weighted by Gasteiger charge is 2.46. The van der Waals surface area contributed by atoms with E-state index >= 15 is 0 Å². The summed E-state index contributed by atoms with van der Waals surface area (Å²) in [6, 6.07) is 24.6. The monoisotopic (exact) mass is 492 g/mol. The lowest BCUT2D eigenvalue weighted by Gasteiger charge is -2.21. The molecule has 0 aliphatic carbocycles. The number of benzene rings is 4. The van der Waals surface area contributed by atoms with E-state index in [4.69, 9.17) is 10.5 Å². The smallest absolute Gasteiger partial charge is 0.339 e. The van der Waals surface area contributed by atoms with Crippen molar-refractivity contribution in [3.63, 3.8) is 0 Å². The molecule has 0 aromatic heterocycles. The minimum absolute atomic E-state index is 0.00121. The third kappa shape index (κ3) is 4.36. The van der Waals surface area contributed by atoms with E-state index in [0.29, 0.717) is 5.56 Å². The van der Waals surface area contributed by atoms with Crippen LogP contribution >= 0.6 is 0 Å². The van der Waals surface area contributed by atoms with Crippen molar-refractivity contribution in [1.82, 2.24) is 0 Å². The molecule has 0 radical (unpaired) electrons. The summed E-state index contributed by atoms with van der Waals surface area (Å²) in [5, 5.41) is 4.04. The third-order valence-electron chi connectivity index (χ3n) is 6.29. The first kappa shape index (κ1) is 23.6. The van der Waals surface area contributed by atoms with Gasteiger partial charge in [0.15, 0.2) is 5.78 Å². The Morgan fingerprint density at radius 2 is 1.49 bits per heavy atom. The normalized spacial score (nSPS) is 14.9. The Labute approximate surface area is 211 Å². The number of nitrogens with one attached hydrogen (secondary N) is 1. The number of esters is 1. The Morgan fingerprint density at radius 3 is 2.27 bits per heavy atom. The highest BCUT2D eigenvalue weighted by atomic mass is 16.5. The van der Waals surface area contributed by atoms with Gasteiger partial charge in [0.05, 0.1) is 16.8 Å². The zero-order valence-corrected chi connectivity index (χ0v) is 19.3. The zero-order chi connectivity index (χ0) is 26.1. The van der Waals surface area contributed by atoms with Crippen molar-refractivity contribution < 1.29 is 28.7 Å². The number of Topliss-reactive ketones (excluding diaryl/α,β-unsaturated/α-hetero) is 2. The van der Waals surface area contributed by atoms with Crippen LogP contribution in [0.1, 0.15) is 42.7 Å². The molecule has 182 valence electrons. The van der Waals surface area contributed by atoms with Crippen LogP contribution in [-0.4, -0.2) is 29.4 Å². The Hall–Kier alpha value is -5.11. The van der Waals surface area contributed by atoms with E-state index in [1.807, 2.05) is 24.3 Å². The summed E-state index contributed by atoms with van der Waals surface area (Å²) in [5.74, 6) is -6.09. The fraction of sp³-hybridized carbons (Fsp3) is 0.0690. The number of cyclic esters (lactones) is 1. The van der Waals surface area contributed by atoms with Crippen LogP contribution in [0.25, 0.3) is 10.8 Å². The molecule has 2 unspecified atom stereocenters. The molecule has 3 N–H and O–H groups in total. The van der Waals surface area contributed by atoms with E-state index in [9.17, 15) is 24.0 Å². The first-order chi connectivity index (χ1) is 17.8. The van der Waals surface area contributed by atoms with Crippen LogP contribution in [-0.2, 0) is 14.3 Å². The number of fused-ring (bicyclic) bond motifs is 2. The van der Waals surface area contributed by atoms with Crippen LogP contribution in [0.2, 0.25) is 0 Å². The fourth-order valence-corrected chi connectivity index (χ4v) is 4.47. The molecule has 8 heteroatoms. The zero-order valence-electron chi connectivity index (χ0n) is 19.3. The van der Waals surface area contributed by atoms with Gasteiger partial charge in [-0.15, -0.1) is 0 Å². The minimum Gasteiger partial charge on any atom is -0.453 e. The molecule has 2 atom stereocenters. The number of hydrogen-bond donors (Lipinski definition) is 2. The summed E-state index contributed by atoms with van der Waals surface area (Å²) < 4.78 is 5.47. The number of primary amides is 1. The Kier molecular flexibility index (Phi) is 6.07. The molecule has 4 aromatic rings. The van der Waals surface area contributed by atoms with E-state index in [-0.39, 0.29) is 22.4 Å². The second kappa shape index (κ2) is 9.50. The first-order valence-electron chi connectivity index (χ1n) is 11.4. The van der Waals surface area contributed by atoms with Crippen LogP contribution < -0.4 is 11.1 Å². The van der Waals surface area contributed by atoms with Crippen LogP contribution in [0.5, 0.6) is 0 Å². The number of para-hydroxylation sites is 1. The average Bonchev–Trinajstić information content (AvgIpc) is 3.24. The number of anilines is 1. The molecule has 37 heavy (non-hydrogen) atoms. The number of rotatable bonds is 7. The van der Waals surface area contributed by atoms with Gasteiger partial charge >= 0.3 is 5.97 Å². The lowest BCUT2D eigenvalue weighted by molar-refractivity contribution is -0.138. The quantitative estimate of drug-likeness (QED) is 0.174. The van der Waals surface area contributed by atoms with Gasteiger partial charge in [0.1, 0.15) is 12.0 Å². The second-order valence-corrected chi connectivity index (χ2v) is 8.55. The van der Waals surface area contributed by atoms with Gasteiger partial charge in [0, 0.05) is 11.1 Å². The SMILES string of the molecule is NC(=O)c1ccccc1NC(=O)C(=O)C(C(=O)c1ccc2ccccc2c1)C1OC(=O)c2ccccc21. The average molecular weight is 492 g/mol. The van der Waals surface area contributed by atoms with Gasteiger partial charge in [0.25, 0.3) is 11.8 Å². The molecule has 8 nitrogen and oxygen atoms in total. The van der Waals surface area contributed by atoms with Crippen molar-refractivity contribution in [3.05, 3.63) is 113 Å². The molecule has 1 aliphatic heterocycles. The summed E-state index contributed by atoms with van der Waals surface area (Å²) in [6.07, 6.45) is -1.30. The highest BCUT2D eigenvalue weighted by Crippen LogP contribution is 2.38. The first-order valence-corrected chi connectivity index (χ1v) is 11.4. The van der Waals surface area contributed by atoms with E-state index in [2.05, 4.69) is 5.32 Å². The van der Waals surface area contributed by atoms with Gasteiger partial charge in [-0.3, -0.25) is 19.2 Å². The molecule has 1 aliphatic rings. The molecule has 0 saturated heterocycles. The molecule has 4 aromatic carbocycles. The number of hydrogen-bond acceptors (Lipinski definition) is 6. The Bertz CT molecular complexity index is 1610. The second-order valence-electron chi connectivity index (χ2n) is 8.55. The Balaban J connectivity index is 1.55. The summed E-state index contributed by atoms with van der Waals surface area (Å²) >= 11 is 0. The van der Waals surface area contributed by atoms with E-state index in [0.717, 1.165) is 10.8 Å². The van der Waals surface area contributed by atoms with Crippen molar-refractivity contribution in [2.24, 2.45) is 11.7 Å². The molecular formula is C29H20N2O6. The summed E-state index contributed by atoms with van der Waals surface area (Å²) in [6.45, 7) is 0. The molecule has 0 fully saturated rings. The van der Waals surface area contributed by atoms with Gasteiger partial charge in [-0.05, 0) is 35.0 Å². The van der Waals surface area contributed by atoms with Crippen molar-refractivity contribution in [2.75, 3.05) is 5.32 Å². The highest BCUT2D eigenvalue weighted by molar-refractivity contribution is 6.45. The van der Waals surface area contributed by atoms with Crippen LogP contribution in [0.15, 0.2) is 91.0 Å². The van der Waals surface area contributed by atoms with Gasteiger partial charge < -0.3 is 15.8 Å². The van der Waals surface area contributed by atoms with Gasteiger partial charge in [-0.2, -0.15) is 0 Å². The maximum Gasteiger partial charge on any atom is 0.339 e. The molecule has 1 heterocycles. The molecule has 0 bridgehead atoms. The van der Waals surface area contributed by atoms with Crippen LogP contribution in [0.3, 0.4) is 0 Å². The van der Waals surface area contributed by atoms with E-state index in [1.165, 1.54) is 18.2 Å². The van der Waals surface area contributed by atoms with Crippen LogP contribution in [0.4, 0.5) is 5.69 Å². The summed E-state index contributed by atoms with van der Waals surface area (Å²) in [7, 11) is 0. The summed E-state index contributed by atoms with van der Waals surface area (Å²) in [4.78, 5) is 64.8. The maximum absolute atomic E-state index is 13.8. The van der Waals surface area contributed by atoms with E-state index < -0.39 is 41.4 Å². The third-order valence-corrected chi connectivity index (χ3v) is 6.29. The number of amides is 2. The molecular weight excluding hydrogens is 472 g/mol. The minimum atomic E-state index is -1.66. The van der Waals surface area contributed by atoms with Gasteiger partial charge in [-0.25, -0.2) is 4.79 Å². The number of ketones is 2. The standard InChI is InChI=1S/C29H20N2O6/c30-27(34)21-11-5-6-12-22(21)31-28(35)25(33)23(26-19-9-3-4-10-20(19)29(36)37-26)24(32)18-14-13-16-7-1-2-8-17(16)15-18/h1-15,23,26H,(H2,30,34)(H,31,35). The largest absolute Gasteiger partial charge is 0.453 e. The Morgan fingerprint density at radius 1 is 0.811 bits per heavy atom. The van der Waals surface area contributed by atoms with Crippen LogP contribution in [0, 0.1) is 5.92 Å². The number of nitrogens with two attached hydrogens (primary N) is 1. The molecule has 0 saturated carbocycles. The van der Waals surface area contributed by atoms with E-state index in [1.54, 1.807) is 48.5 Å². The number of carbonyl (C=O) groups is 5. The fourth-order valence-electron chi connectivity index (χ4n) is 4.47. The van der Waals surface area contributed by atoms with Gasteiger partial charge in [0.2, 0.25) is 5.78 Å². The number of ether oxygens (including phenoxy) is 1. The molecule has 2 amide bonds. The lowest BCUT2D eigenvalue weighted by Crippen LogP contribution is -2.38. The van der Waals surface area contributed by atoms with Crippen molar-refractivity contribution >= 4 is 45.8 Å². The van der Waals surface area contributed by atoms with Crippen molar-refractivity contribution in [1.29, 1.82) is 0 Å². The van der Waals surface area contributed by atoms with Crippen molar-refractivity contribution in [3.8, 4) is 0 Å². The lowest BCUT2D eigenvalue weighted by atomic mass is 9.84. The topological polar surface area (TPSA) is 133 Å². The number of carbonyl (C=O) groups excluding carboxylic acids is 5. The molecule has 5 rings (SSSR count). The summed E-state index contributed by atoms with van der Waals surface area (Å²) in [5.41, 5.74) is 6.14. The molecule has 0 spiro atoms. The predicted octanol–water partition coefficient (Wildman–Crippen LogP) is 3.86. The predicted molar refractivity (Wildman–Crippen MR) is 135 cm³/mol.